The second-order valence-electron chi connectivity index (χ2n) is 2.44. The van der Waals surface area contributed by atoms with Gasteiger partial charge in [0.05, 0.1) is 18.7 Å². The first-order chi connectivity index (χ1) is 5.77. The summed E-state index contributed by atoms with van der Waals surface area (Å²) in [4.78, 5) is 1.99. The minimum atomic E-state index is 0.177. The Labute approximate surface area is 76.2 Å². The number of likely N-dealkylation sites (N-methyl/N-ethyl adjacent to an activating group) is 1. The number of hydrogen-bond acceptors (Lipinski definition) is 4. The van der Waals surface area contributed by atoms with E-state index in [1.165, 1.54) is 0 Å². The molecule has 12 heavy (non-hydrogen) atoms. The van der Waals surface area contributed by atoms with Crippen LogP contribution in [0.25, 0.3) is 0 Å². The maximum atomic E-state index is 8.69. The van der Waals surface area contributed by atoms with Crippen LogP contribution in [-0.2, 0) is 0 Å². The van der Waals surface area contributed by atoms with Crippen molar-refractivity contribution in [3.63, 3.8) is 0 Å². The molecule has 0 aromatic carbocycles. The summed E-state index contributed by atoms with van der Waals surface area (Å²) in [7, 11) is 3.60. The average molecular weight is 187 g/mol. The summed E-state index contributed by atoms with van der Waals surface area (Å²) in [6.07, 6.45) is 0. The van der Waals surface area contributed by atoms with Crippen LogP contribution in [-0.4, -0.2) is 32.4 Å². The average Bonchev–Trinajstić information content (AvgIpc) is 2.52. The highest BCUT2D eigenvalue weighted by Gasteiger charge is 2.03. The number of thiophene rings is 1. The number of anilines is 1. The molecule has 0 aliphatic carbocycles. The monoisotopic (exact) mass is 187 g/mol. The molecule has 0 aliphatic heterocycles. The Morgan fingerprint density at radius 2 is 2.33 bits per heavy atom. The molecule has 1 N–H and O–H groups in total. The number of aliphatic hydroxyl groups excluding tert-OH is 1. The van der Waals surface area contributed by atoms with Gasteiger partial charge in [-0.2, -0.15) is 0 Å². The Bertz CT molecular complexity index is 237. The van der Waals surface area contributed by atoms with Crippen molar-refractivity contribution in [1.82, 2.24) is 0 Å². The molecule has 0 fully saturated rings. The first-order valence-corrected chi connectivity index (χ1v) is 4.55. The lowest BCUT2D eigenvalue weighted by Crippen LogP contribution is -2.19. The van der Waals surface area contributed by atoms with E-state index in [0.717, 1.165) is 10.1 Å². The van der Waals surface area contributed by atoms with E-state index >= 15 is 0 Å². The van der Waals surface area contributed by atoms with Crippen LogP contribution < -0.4 is 9.64 Å². The number of ether oxygens (including phenoxy) is 1. The summed E-state index contributed by atoms with van der Waals surface area (Å²) in [5.41, 5.74) is 0. The van der Waals surface area contributed by atoms with Gasteiger partial charge in [0.15, 0.2) is 5.06 Å². The van der Waals surface area contributed by atoms with E-state index in [9.17, 15) is 0 Å². The molecule has 1 heterocycles. The number of hydrogen-bond donors (Lipinski definition) is 1. The fourth-order valence-corrected chi connectivity index (χ4v) is 1.69. The van der Waals surface area contributed by atoms with Crippen LogP contribution in [0, 0.1) is 0 Å². The Kier molecular flexibility index (Phi) is 3.37. The summed E-state index contributed by atoms with van der Waals surface area (Å²) in [6, 6.07) is 3.91. The largest absolute Gasteiger partial charge is 0.487 e. The van der Waals surface area contributed by atoms with Crippen LogP contribution in [0.2, 0.25) is 0 Å². The van der Waals surface area contributed by atoms with Gasteiger partial charge in [0.1, 0.15) is 0 Å². The highest BCUT2D eigenvalue weighted by Crippen LogP contribution is 2.30. The van der Waals surface area contributed by atoms with E-state index < -0.39 is 0 Å². The maximum Gasteiger partial charge on any atom is 0.175 e. The predicted octanol–water partition coefficient (Wildman–Crippen LogP) is 1.19. The molecule has 0 saturated carbocycles. The van der Waals surface area contributed by atoms with Crippen molar-refractivity contribution in [3.8, 4) is 5.06 Å². The van der Waals surface area contributed by atoms with Gasteiger partial charge in [-0.15, -0.1) is 0 Å². The van der Waals surface area contributed by atoms with E-state index in [1.54, 1.807) is 18.4 Å². The Balaban J connectivity index is 2.61. The van der Waals surface area contributed by atoms with Crippen LogP contribution in [0.3, 0.4) is 0 Å². The highest BCUT2D eigenvalue weighted by molar-refractivity contribution is 7.17. The van der Waals surface area contributed by atoms with Crippen molar-refractivity contribution >= 4 is 16.3 Å². The summed E-state index contributed by atoms with van der Waals surface area (Å²) < 4.78 is 5.05. The minimum absolute atomic E-state index is 0.177. The smallest absolute Gasteiger partial charge is 0.175 e. The molecule has 1 aromatic heterocycles. The van der Waals surface area contributed by atoms with Gasteiger partial charge < -0.3 is 14.7 Å². The Morgan fingerprint density at radius 1 is 1.58 bits per heavy atom. The van der Waals surface area contributed by atoms with Crippen molar-refractivity contribution in [3.05, 3.63) is 12.1 Å². The molecule has 1 rings (SSSR count). The topological polar surface area (TPSA) is 32.7 Å². The highest BCUT2D eigenvalue weighted by atomic mass is 32.1. The molecule has 1 aromatic rings. The summed E-state index contributed by atoms with van der Waals surface area (Å²) >= 11 is 1.57. The third kappa shape index (κ3) is 2.12. The van der Waals surface area contributed by atoms with E-state index in [2.05, 4.69) is 0 Å². The van der Waals surface area contributed by atoms with Crippen molar-refractivity contribution in [2.75, 3.05) is 32.2 Å². The normalized spacial score (nSPS) is 9.92. The Morgan fingerprint density at radius 3 is 2.83 bits per heavy atom. The molecule has 68 valence electrons. The predicted molar refractivity (Wildman–Crippen MR) is 51.2 cm³/mol. The number of aliphatic hydroxyl groups is 1. The molecule has 3 nitrogen and oxygen atoms in total. The van der Waals surface area contributed by atoms with Crippen molar-refractivity contribution in [1.29, 1.82) is 0 Å². The summed E-state index contributed by atoms with van der Waals surface area (Å²) in [5.74, 6) is 0. The van der Waals surface area contributed by atoms with Gasteiger partial charge in [-0.05, 0) is 12.1 Å². The van der Waals surface area contributed by atoms with Gasteiger partial charge in [0.2, 0.25) is 0 Å². The SMILES string of the molecule is COc1ccc(N(C)CCO)s1. The van der Waals surface area contributed by atoms with Crippen LogP contribution in [0.15, 0.2) is 12.1 Å². The Hall–Kier alpha value is -0.740. The summed E-state index contributed by atoms with van der Waals surface area (Å²) in [6.45, 7) is 0.834. The van der Waals surface area contributed by atoms with Crippen LogP contribution in [0.5, 0.6) is 5.06 Å². The summed E-state index contributed by atoms with van der Waals surface area (Å²) in [5, 5.41) is 10.7. The van der Waals surface area contributed by atoms with Crippen LogP contribution in [0.4, 0.5) is 5.00 Å². The molecule has 0 unspecified atom stereocenters. The molecular weight excluding hydrogens is 174 g/mol. The van der Waals surface area contributed by atoms with Gasteiger partial charge in [0, 0.05) is 13.6 Å². The van der Waals surface area contributed by atoms with Crippen molar-refractivity contribution in [2.45, 2.75) is 0 Å². The first kappa shape index (κ1) is 9.35. The zero-order valence-electron chi connectivity index (χ0n) is 7.28. The fourth-order valence-electron chi connectivity index (χ4n) is 0.885. The molecule has 0 radical (unpaired) electrons. The number of nitrogens with zero attached hydrogens (tertiary/aromatic N) is 1. The first-order valence-electron chi connectivity index (χ1n) is 3.73. The molecular formula is C8H13NO2S. The lowest BCUT2D eigenvalue weighted by atomic mass is 10.5. The molecule has 0 saturated heterocycles. The second-order valence-corrected chi connectivity index (χ2v) is 3.47. The van der Waals surface area contributed by atoms with Gasteiger partial charge >= 0.3 is 0 Å². The number of methoxy groups -OCH3 is 1. The van der Waals surface area contributed by atoms with E-state index in [4.69, 9.17) is 9.84 Å². The van der Waals surface area contributed by atoms with Gasteiger partial charge in [-0.25, -0.2) is 0 Å². The van der Waals surface area contributed by atoms with Crippen LogP contribution in [0.1, 0.15) is 0 Å². The van der Waals surface area contributed by atoms with Crippen molar-refractivity contribution in [2.24, 2.45) is 0 Å². The molecule has 4 heteroatoms. The lowest BCUT2D eigenvalue weighted by Gasteiger charge is -2.14. The lowest BCUT2D eigenvalue weighted by molar-refractivity contribution is 0.304. The van der Waals surface area contributed by atoms with Crippen molar-refractivity contribution < 1.29 is 9.84 Å². The quantitative estimate of drug-likeness (QED) is 0.768. The minimum Gasteiger partial charge on any atom is -0.487 e. The molecule has 0 bridgehead atoms. The van der Waals surface area contributed by atoms with E-state index in [0.29, 0.717) is 6.54 Å². The molecule has 0 amide bonds. The van der Waals surface area contributed by atoms with Gasteiger partial charge in [-0.1, -0.05) is 11.3 Å². The fraction of sp³-hybridized carbons (Fsp3) is 0.500. The van der Waals surface area contributed by atoms with Gasteiger partial charge in [-0.3, -0.25) is 0 Å². The molecule has 0 atom stereocenters. The number of rotatable bonds is 4. The zero-order valence-corrected chi connectivity index (χ0v) is 8.10. The second kappa shape index (κ2) is 4.33. The van der Waals surface area contributed by atoms with Crippen LogP contribution >= 0.6 is 11.3 Å². The van der Waals surface area contributed by atoms with E-state index in [1.807, 2.05) is 24.1 Å². The third-order valence-electron chi connectivity index (χ3n) is 1.58. The zero-order chi connectivity index (χ0) is 8.97. The standard InChI is InChI=1S/C8H13NO2S/c1-9(5-6-10)7-3-4-8(11-2)12-7/h3-4,10H,5-6H2,1-2H3. The maximum absolute atomic E-state index is 8.69. The molecule has 0 spiro atoms. The third-order valence-corrected chi connectivity index (χ3v) is 2.74. The molecule has 0 aliphatic rings. The van der Waals surface area contributed by atoms with Gasteiger partial charge in [0.25, 0.3) is 0 Å². The van der Waals surface area contributed by atoms with E-state index in [-0.39, 0.29) is 6.61 Å².